The molecule has 1 aliphatic heterocycles. The van der Waals surface area contributed by atoms with Gasteiger partial charge in [0.15, 0.2) is 0 Å². The minimum Gasteiger partial charge on any atom is -0.487 e. The van der Waals surface area contributed by atoms with Gasteiger partial charge in [0.25, 0.3) is 0 Å². The van der Waals surface area contributed by atoms with E-state index in [9.17, 15) is 4.79 Å². The van der Waals surface area contributed by atoms with Crippen LogP contribution in [0.5, 0.6) is 5.75 Å². The zero-order valence-electron chi connectivity index (χ0n) is 18.2. The second-order valence-electron chi connectivity index (χ2n) is 8.14. The maximum absolute atomic E-state index is 12.2. The van der Waals surface area contributed by atoms with Crippen LogP contribution < -0.4 is 15.0 Å². The molecule has 0 unspecified atom stereocenters. The molecule has 5 heteroatoms. The third-order valence-electron chi connectivity index (χ3n) is 5.71. The topological polar surface area (TPSA) is 54.5 Å². The third-order valence-corrected chi connectivity index (χ3v) is 5.71. The van der Waals surface area contributed by atoms with Crippen molar-refractivity contribution in [3.8, 4) is 16.9 Å². The Morgan fingerprint density at radius 2 is 1.67 bits per heavy atom. The van der Waals surface area contributed by atoms with E-state index in [0.29, 0.717) is 6.42 Å². The van der Waals surface area contributed by atoms with Gasteiger partial charge < -0.3 is 15.0 Å². The van der Waals surface area contributed by atoms with Crippen LogP contribution in [0.4, 0.5) is 11.4 Å². The molecule has 3 aromatic carbocycles. The van der Waals surface area contributed by atoms with E-state index in [4.69, 9.17) is 4.74 Å². The molecule has 33 heavy (non-hydrogen) atoms. The summed E-state index contributed by atoms with van der Waals surface area (Å²) in [6, 6.07) is 30.2. The maximum Gasteiger partial charge on any atom is 0.228 e. The summed E-state index contributed by atoms with van der Waals surface area (Å²) < 4.78 is 6.14. The minimum absolute atomic E-state index is 0.0663. The summed E-state index contributed by atoms with van der Waals surface area (Å²) in [5.41, 5.74) is 5.33. The maximum atomic E-state index is 12.2. The van der Waals surface area contributed by atoms with Crippen LogP contribution in [-0.2, 0) is 11.2 Å². The Bertz CT molecular complexity index is 1200. The number of ether oxygens (including phenoxy) is 1. The number of benzene rings is 3. The van der Waals surface area contributed by atoms with Crippen molar-refractivity contribution in [3.63, 3.8) is 0 Å². The van der Waals surface area contributed by atoms with Crippen molar-refractivity contribution in [2.24, 2.45) is 0 Å². The SMILES string of the molecule is O=C(Cc1cccnc1)Nc1ccc(OC2CN(c3ccccc3-c3ccccc3)C2)cc1. The number of aromatic nitrogens is 1. The number of hydrogen-bond donors (Lipinski definition) is 1. The van der Waals surface area contributed by atoms with Crippen LogP contribution >= 0.6 is 0 Å². The van der Waals surface area contributed by atoms with E-state index in [1.165, 1.54) is 16.8 Å². The molecule has 4 aromatic rings. The lowest BCUT2D eigenvalue weighted by Crippen LogP contribution is -2.54. The molecule has 0 saturated carbocycles. The van der Waals surface area contributed by atoms with Gasteiger partial charge in [0.1, 0.15) is 11.9 Å². The first kappa shape index (κ1) is 20.8. The third kappa shape index (κ3) is 5.04. The van der Waals surface area contributed by atoms with Gasteiger partial charge in [-0.3, -0.25) is 9.78 Å². The molecule has 0 atom stereocenters. The molecule has 1 aliphatic rings. The largest absolute Gasteiger partial charge is 0.487 e. The van der Waals surface area contributed by atoms with Crippen LogP contribution in [0, 0.1) is 0 Å². The molecule has 1 N–H and O–H groups in total. The fourth-order valence-corrected chi connectivity index (χ4v) is 4.02. The molecule has 5 rings (SSSR count). The summed E-state index contributed by atoms with van der Waals surface area (Å²) in [7, 11) is 0. The van der Waals surface area contributed by atoms with Gasteiger partial charge in [-0.15, -0.1) is 0 Å². The number of pyridine rings is 1. The highest BCUT2D eigenvalue weighted by atomic mass is 16.5. The van der Waals surface area contributed by atoms with E-state index in [-0.39, 0.29) is 12.0 Å². The van der Waals surface area contributed by atoms with Gasteiger partial charge in [-0.1, -0.05) is 54.6 Å². The molecule has 2 heterocycles. The number of nitrogens with one attached hydrogen (secondary N) is 1. The predicted octanol–water partition coefficient (Wildman–Crippen LogP) is 5.20. The number of rotatable bonds is 7. The summed E-state index contributed by atoms with van der Waals surface area (Å²) in [6.45, 7) is 1.68. The Morgan fingerprint density at radius 3 is 2.42 bits per heavy atom. The Labute approximate surface area is 193 Å². The number of anilines is 2. The first-order valence-corrected chi connectivity index (χ1v) is 11.1. The zero-order chi connectivity index (χ0) is 22.5. The monoisotopic (exact) mass is 435 g/mol. The van der Waals surface area contributed by atoms with E-state index >= 15 is 0 Å². The van der Waals surface area contributed by atoms with E-state index in [1.807, 2.05) is 42.5 Å². The standard InChI is InChI=1S/C28H25N3O2/c32-28(17-21-7-6-16-29-18-21)30-23-12-14-24(15-13-23)33-25-19-31(20-25)27-11-5-4-10-26(27)22-8-2-1-3-9-22/h1-16,18,25H,17,19-20H2,(H,30,32). The fourth-order valence-electron chi connectivity index (χ4n) is 4.02. The second-order valence-corrected chi connectivity index (χ2v) is 8.14. The summed E-state index contributed by atoms with van der Waals surface area (Å²) in [5, 5.41) is 2.92. The average Bonchev–Trinajstić information content (AvgIpc) is 2.83. The lowest BCUT2D eigenvalue weighted by Gasteiger charge is -2.41. The van der Waals surface area contributed by atoms with Gasteiger partial charge in [0.2, 0.25) is 5.91 Å². The normalized spacial score (nSPS) is 13.3. The predicted molar refractivity (Wildman–Crippen MR) is 132 cm³/mol. The van der Waals surface area contributed by atoms with Crippen molar-refractivity contribution in [2.75, 3.05) is 23.3 Å². The zero-order valence-corrected chi connectivity index (χ0v) is 18.2. The number of carbonyl (C=O) groups is 1. The van der Waals surface area contributed by atoms with Gasteiger partial charge in [-0.25, -0.2) is 0 Å². The Morgan fingerprint density at radius 1 is 0.909 bits per heavy atom. The van der Waals surface area contributed by atoms with Gasteiger partial charge in [-0.05, 0) is 47.5 Å². The van der Waals surface area contributed by atoms with E-state index in [1.54, 1.807) is 12.4 Å². The van der Waals surface area contributed by atoms with Crippen molar-refractivity contribution in [1.29, 1.82) is 0 Å². The van der Waals surface area contributed by atoms with Gasteiger partial charge in [-0.2, -0.15) is 0 Å². The van der Waals surface area contributed by atoms with Crippen molar-refractivity contribution >= 4 is 17.3 Å². The Balaban J connectivity index is 1.15. The fraction of sp³-hybridized carbons (Fsp3) is 0.143. The minimum atomic E-state index is -0.0663. The Kier molecular flexibility index (Phi) is 6.02. The molecule has 1 fully saturated rings. The van der Waals surface area contributed by atoms with Crippen LogP contribution in [0.2, 0.25) is 0 Å². The molecule has 0 aliphatic carbocycles. The van der Waals surface area contributed by atoms with E-state index in [0.717, 1.165) is 30.1 Å². The summed E-state index contributed by atoms with van der Waals surface area (Å²) in [4.78, 5) is 18.6. The summed E-state index contributed by atoms with van der Waals surface area (Å²) in [5.74, 6) is 0.740. The molecule has 5 nitrogen and oxygen atoms in total. The first-order valence-electron chi connectivity index (χ1n) is 11.1. The van der Waals surface area contributed by atoms with Crippen molar-refractivity contribution < 1.29 is 9.53 Å². The lowest BCUT2D eigenvalue weighted by molar-refractivity contribution is -0.115. The van der Waals surface area contributed by atoms with E-state index in [2.05, 4.69) is 63.7 Å². The highest BCUT2D eigenvalue weighted by Gasteiger charge is 2.30. The molecule has 0 spiro atoms. The highest BCUT2D eigenvalue weighted by molar-refractivity contribution is 5.92. The van der Waals surface area contributed by atoms with Crippen molar-refractivity contribution in [2.45, 2.75) is 12.5 Å². The summed E-state index contributed by atoms with van der Waals surface area (Å²) in [6.07, 6.45) is 3.84. The number of carbonyl (C=O) groups excluding carboxylic acids is 1. The van der Waals surface area contributed by atoms with Gasteiger partial charge in [0.05, 0.1) is 19.5 Å². The van der Waals surface area contributed by atoms with Crippen LogP contribution in [0.25, 0.3) is 11.1 Å². The lowest BCUT2D eigenvalue weighted by atomic mass is 10.0. The molecule has 1 amide bonds. The Hall–Kier alpha value is -4.12. The highest BCUT2D eigenvalue weighted by Crippen LogP contribution is 2.34. The van der Waals surface area contributed by atoms with E-state index < -0.39 is 0 Å². The number of nitrogens with zero attached hydrogens (tertiary/aromatic N) is 2. The van der Waals surface area contributed by atoms with Crippen LogP contribution in [0.1, 0.15) is 5.56 Å². The van der Waals surface area contributed by atoms with Gasteiger partial charge >= 0.3 is 0 Å². The van der Waals surface area contributed by atoms with Crippen molar-refractivity contribution in [1.82, 2.24) is 4.98 Å². The first-order chi connectivity index (χ1) is 16.2. The number of amides is 1. The molecule has 0 bridgehead atoms. The number of hydrogen-bond acceptors (Lipinski definition) is 4. The number of para-hydroxylation sites is 1. The smallest absolute Gasteiger partial charge is 0.228 e. The molecular weight excluding hydrogens is 410 g/mol. The van der Waals surface area contributed by atoms with Crippen molar-refractivity contribution in [3.05, 3.63) is 109 Å². The quantitative estimate of drug-likeness (QED) is 0.434. The molecule has 164 valence electrons. The second kappa shape index (κ2) is 9.57. The summed E-state index contributed by atoms with van der Waals surface area (Å²) >= 11 is 0. The van der Waals surface area contributed by atoms with Crippen LogP contribution in [0.3, 0.4) is 0 Å². The van der Waals surface area contributed by atoms with Crippen LogP contribution in [0.15, 0.2) is 103 Å². The molecule has 1 aromatic heterocycles. The van der Waals surface area contributed by atoms with Gasteiger partial charge in [0, 0.05) is 29.3 Å². The van der Waals surface area contributed by atoms with Crippen LogP contribution in [-0.4, -0.2) is 30.1 Å². The molecule has 1 saturated heterocycles. The molecular formula is C28H25N3O2. The average molecular weight is 436 g/mol. The molecule has 0 radical (unpaired) electrons.